The minimum Gasteiger partial charge on any atom is -0.478 e. The Morgan fingerprint density at radius 1 is 1.44 bits per heavy atom. The van der Waals surface area contributed by atoms with Crippen molar-refractivity contribution in [2.75, 3.05) is 0 Å². The predicted octanol–water partition coefficient (Wildman–Crippen LogP) is 1.38. The lowest BCUT2D eigenvalue weighted by molar-refractivity contribution is -0.128. The van der Waals surface area contributed by atoms with Gasteiger partial charge in [-0.25, -0.2) is 5.84 Å². The first-order valence-corrected chi connectivity index (χ1v) is 5.77. The van der Waals surface area contributed by atoms with Crippen molar-refractivity contribution in [2.24, 2.45) is 5.84 Å². The number of hydrogen-bond donors (Lipinski definition) is 2. The van der Waals surface area contributed by atoms with Crippen molar-refractivity contribution in [3.8, 4) is 5.75 Å². The van der Waals surface area contributed by atoms with Gasteiger partial charge in [-0.15, -0.1) is 0 Å². The molecule has 0 spiro atoms. The van der Waals surface area contributed by atoms with Gasteiger partial charge in [-0.05, 0) is 18.6 Å². The van der Waals surface area contributed by atoms with E-state index in [0.717, 1.165) is 10.9 Å². The molecule has 0 fully saturated rings. The Balaban J connectivity index is 2.33. The van der Waals surface area contributed by atoms with E-state index in [1.807, 2.05) is 31.2 Å². The molecule has 1 amide bonds. The molecular formula is C13H15N3O2. The molecule has 2 rings (SSSR count). The van der Waals surface area contributed by atoms with E-state index >= 15 is 0 Å². The molecule has 1 atom stereocenters. The second-order valence-electron chi connectivity index (χ2n) is 3.85. The second kappa shape index (κ2) is 5.46. The number of benzene rings is 1. The van der Waals surface area contributed by atoms with Gasteiger partial charge in [0.2, 0.25) is 0 Å². The van der Waals surface area contributed by atoms with Gasteiger partial charge in [0, 0.05) is 11.6 Å². The van der Waals surface area contributed by atoms with Crippen LogP contribution in [-0.4, -0.2) is 17.0 Å². The maximum atomic E-state index is 11.5. The summed E-state index contributed by atoms with van der Waals surface area (Å²) >= 11 is 0. The fourth-order valence-corrected chi connectivity index (χ4v) is 1.74. The van der Waals surface area contributed by atoms with E-state index in [-0.39, 0.29) is 5.91 Å². The van der Waals surface area contributed by atoms with Crippen molar-refractivity contribution in [3.05, 3.63) is 36.5 Å². The van der Waals surface area contributed by atoms with Crippen LogP contribution < -0.4 is 16.0 Å². The minimum atomic E-state index is -0.609. The summed E-state index contributed by atoms with van der Waals surface area (Å²) in [5, 5.41) is 0.970. The third-order valence-corrected chi connectivity index (χ3v) is 2.67. The number of nitrogens with two attached hydrogens (primary N) is 1. The monoisotopic (exact) mass is 245 g/mol. The van der Waals surface area contributed by atoms with E-state index < -0.39 is 6.10 Å². The lowest BCUT2D eigenvalue weighted by atomic mass is 10.2. The first-order valence-electron chi connectivity index (χ1n) is 5.77. The van der Waals surface area contributed by atoms with Gasteiger partial charge in [-0.2, -0.15) is 0 Å². The van der Waals surface area contributed by atoms with Crippen molar-refractivity contribution < 1.29 is 9.53 Å². The standard InChI is InChI=1S/C13H15N3O2/c1-2-10(13(17)16-14)18-11-7-3-5-9-6-4-8-15-12(9)11/h3-8,10H,2,14H2,1H3,(H,16,17). The van der Waals surface area contributed by atoms with E-state index in [1.54, 1.807) is 12.3 Å². The molecule has 0 saturated carbocycles. The van der Waals surface area contributed by atoms with E-state index in [2.05, 4.69) is 10.4 Å². The number of para-hydroxylation sites is 1. The summed E-state index contributed by atoms with van der Waals surface area (Å²) in [6, 6.07) is 9.41. The molecule has 3 N–H and O–H groups in total. The highest BCUT2D eigenvalue weighted by Gasteiger charge is 2.18. The zero-order valence-corrected chi connectivity index (χ0v) is 10.1. The molecule has 94 valence electrons. The molecule has 0 aliphatic heterocycles. The number of ether oxygens (including phenoxy) is 1. The Morgan fingerprint density at radius 3 is 2.94 bits per heavy atom. The molecule has 0 bridgehead atoms. The van der Waals surface area contributed by atoms with Gasteiger partial charge in [-0.1, -0.05) is 25.1 Å². The summed E-state index contributed by atoms with van der Waals surface area (Å²) in [7, 11) is 0. The van der Waals surface area contributed by atoms with Crippen LogP contribution in [0.3, 0.4) is 0 Å². The van der Waals surface area contributed by atoms with Gasteiger partial charge in [0.15, 0.2) is 6.10 Å². The molecular weight excluding hydrogens is 230 g/mol. The number of pyridine rings is 1. The van der Waals surface area contributed by atoms with Gasteiger partial charge in [0.25, 0.3) is 5.91 Å². The average Bonchev–Trinajstić information content (AvgIpc) is 2.44. The van der Waals surface area contributed by atoms with E-state index in [4.69, 9.17) is 10.6 Å². The van der Waals surface area contributed by atoms with Crippen LogP contribution in [0.4, 0.5) is 0 Å². The first-order chi connectivity index (χ1) is 8.76. The minimum absolute atomic E-state index is 0.342. The van der Waals surface area contributed by atoms with Crippen LogP contribution in [0.25, 0.3) is 10.9 Å². The van der Waals surface area contributed by atoms with Gasteiger partial charge in [0.05, 0.1) is 0 Å². The Bertz CT molecular complexity index is 551. The van der Waals surface area contributed by atoms with Crippen LogP contribution in [0, 0.1) is 0 Å². The van der Waals surface area contributed by atoms with Gasteiger partial charge < -0.3 is 4.74 Å². The summed E-state index contributed by atoms with van der Waals surface area (Å²) in [5.74, 6) is 5.36. The smallest absolute Gasteiger partial charge is 0.274 e. The van der Waals surface area contributed by atoms with Crippen LogP contribution in [-0.2, 0) is 4.79 Å². The van der Waals surface area contributed by atoms with Crippen LogP contribution >= 0.6 is 0 Å². The first kappa shape index (κ1) is 12.3. The molecule has 2 aromatic rings. The fourth-order valence-electron chi connectivity index (χ4n) is 1.74. The number of fused-ring (bicyclic) bond motifs is 1. The number of nitrogens with zero attached hydrogens (tertiary/aromatic N) is 1. The highest BCUT2D eigenvalue weighted by Crippen LogP contribution is 2.24. The van der Waals surface area contributed by atoms with Crippen molar-refractivity contribution in [2.45, 2.75) is 19.4 Å². The Hall–Kier alpha value is -2.14. The highest BCUT2D eigenvalue weighted by atomic mass is 16.5. The molecule has 1 heterocycles. The van der Waals surface area contributed by atoms with Gasteiger partial charge in [0.1, 0.15) is 11.3 Å². The molecule has 18 heavy (non-hydrogen) atoms. The van der Waals surface area contributed by atoms with Crippen molar-refractivity contribution in [3.63, 3.8) is 0 Å². The summed E-state index contributed by atoms with van der Waals surface area (Å²) in [6.07, 6.45) is 1.62. The average molecular weight is 245 g/mol. The molecule has 0 aliphatic rings. The Morgan fingerprint density at radius 2 is 2.22 bits per heavy atom. The SMILES string of the molecule is CCC(Oc1cccc2cccnc12)C(=O)NN. The number of rotatable bonds is 4. The molecule has 0 aliphatic carbocycles. The lowest BCUT2D eigenvalue weighted by Gasteiger charge is -2.16. The third kappa shape index (κ3) is 2.41. The van der Waals surface area contributed by atoms with Crippen molar-refractivity contribution in [1.82, 2.24) is 10.4 Å². The van der Waals surface area contributed by atoms with Gasteiger partial charge >= 0.3 is 0 Å². The van der Waals surface area contributed by atoms with E-state index in [0.29, 0.717) is 12.2 Å². The number of carbonyl (C=O) groups is 1. The predicted molar refractivity (Wildman–Crippen MR) is 68.8 cm³/mol. The number of aromatic nitrogens is 1. The lowest BCUT2D eigenvalue weighted by Crippen LogP contribution is -2.41. The maximum Gasteiger partial charge on any atom is 0.274 e. The topological polar surface area (TPSA) is 77.2 Å². The fraction of sp³-hybridized carbons (Fsp3) is 0.231. The summed E-state index contributed by atoms with van der Waals surface area (Å²) < 4.78 is 5.68. The Kier molecular flexibility index (Phi) is 3.74. The number of nitrogens with one attached hydrogen (secondary N) is 1. The number of hydrazine groups is 1. The van der Waals surface area contributed by atoms with Gasteiger partial charge in [-0.3, -0.25) is 15.2 Å². The van der Waals surface area contributed by atoms with E-state index in [9.17, 15) is 4.79 Å². The molecule has 0 saturated heterocycles. The molecule has 0 radical (unpaired) electrons. The van der Waals surface area contributed by atoms with Crippen LogP contribution in [0.2, 0.25) is 0 Å². The number of hydrogen-bond acceptors (Lipinski definition) is 4. The zero-order chi connectivity index (χ0) is 13.0. The summed E-state index contributed by atoms with van der Waals surface area (Å²) in [4.78, 5) is 15.8. The largest absolute Gasteiger partial charge is 0.478 e. The summed E-state index contributed by atoms with van der Waals surface area (Å²) in [5.41, 5.74) is 2.84. The van der Waals surface area contributed by atoms with Crippen LogP contribution in [0.1, 0.15) is 13.3 Å². The van der Waals surface area contributed by atoms with Crippen molar-refractivity contribution in [1.29, 1.82) is 0 Å². The van der Waals surface area contributed by atoms with Crippen LogP contribution in [0.15, 0.2) is 36.5 Å². The normalized spacial score (nSPS) is 12.1. The van der Waals surface area contributed by atoms with E-state index in [1.165, 1.54) is 0 Å². The third-order valence-electron chi connectivity index (χ3n) is 2.67. The molecule has 5 heteroatoms. The maximum absolute atomic E-state index is 11.5. The molecule has 5 nitrogen and oxygen atoms in total. The van der Waals surface area contributed by atoms with Crippen LogP contribution in [0.5, 0.6) is 5.75 Å². The quantitative estimate of drug-likeness (QED) is 0.484. The number of amides is 1. The zero-order valence-electron chi connectivity index (χ0n) is 10.1. The second-order valence-corrected chi connectivity index (χ2v) is 3.85. The summed E-state index contributed by atoms with van der Waals surface area (Å²) in [6.45, 7) is 1.86. The molecule has 1 unspecified atom stereocenters. The van der Waals surface area contributed by atoms with Crippen molar-refractivity contribution >= 4 is 16.8 Å². The highest BCUT2D eigenvalue weighted by molar-refractivity contribution is 5.85. The molecule has 1 aromatic carbocycles. The number of carbonyl (C=O) groups excluding carboxylic acids is 1. The molecule has 1 aromatic heterocycles. The Labute approximate surface area is 105 Å².